The summed E-state index contributed by atoms with van der Waals surface area (Å²) in [7, 11) is 0. The third-order valence-corrected chi connectivity index (χ3v) is 7.39. The molecule has 0 radical (unpaired) electrons. The summed E-state index contributed by atoms with van der Waals surface area (Å²) in [6, 6.07) is 0. The fourth-order valence-electron chi connectivity index (χ4n) is 5.36. The summed E-state index contributed by atoms with van der Waals surface area (Å²) in [6.07, 6.45) is 3.59. The molecule has 0 spiro atoms. The molecule has 2 aliphatic carbocycles. The van der Waals surface area contributed by atoms with Crippen molar-refractivity contribution in [3.05, 3.63) is 0 Å². The van der Waals surface area contributed by atoms with E-state index in [0.29, 0.717) is 29.6 Å². The molecule has 0 saturated heterocycles. The molecule has 0 aromatic rings. The molecule has 0 aliphatic heterocycles. The molecular weight excluding hydrogens is 324 g/mol. The Morgan fingerprint density at radius 1 is 0.731 bits per heavy atom. The van der Waals surface area contributed by atoms with Crippen LogP contribution in [0.3, 0.4) is 0 Å². The predicted molar refractivity (Wildman–Crippen MR) is 108 cm³/mol. The van der Waals surface area contributed by atoms with Crippen LogP contribution in [0.4, 0.5) is 0 Å². The molecule has 0 aromatic carbocycles. The smallest absolute Gasteiger partial charge is 0.0605 e. The maximum atomic E-state index is 10.5. The first kappa shape index (κ1) is 22.2. The third-order valence-electron chi connectivity index (χ3n) is 7.39. The Balaban J connectivity index is 1.98. The van der Waals surface area contributed by atoms with E-state index in [1.54, 1.807) is 0 Å². The minimum absolute atomic E-state index is 0.112. The quantitative estimate of drug-likeness (QED) is 0.745. The predicted octanol–water partition coefficient (Wildman–Crippen LogP) is 4.89. The van der Waals surface area contributed by atoms with Crippen LogP contribution in [0.5, 0.6) is 0 Å². The SMILES string of the molecule is CC1CC(O)C(C(C)(C)C)CC1COC1CC(C(C)(C)C)C(O)CC1C. The van der Waals surface area contributed by atoms with E-state index in [4.69, 9.17) is 4.74 Å². The van der Waals surface area contributed by atoms with Gasteiger partial charge in [0.2, 0.25) is 0 Å². The van der Waals surface area contributed by atoms with Crippen LogP contribution in [-0.4, -0.2) is 35.1 Å². The number of aliphatic hydroxyl groups excluding tert-OH is 2. The van der Waals surface area contributed by atoms with E-state index >= 15 is 0 Å². The van der Waals surface area contributed by atoms with Crippen LogP contribution < -0.4 is 0 Å². The molecule has 0 aromatic heterocycles. The second kappa shape index (κ2) is 8.09. The van der Waals surface area contributed by atoms with E-state index in [1.807, 2.05) is 0 Å². The van der Waals surface area contributed by atoms with Crippen LogP contribution in [0.25, 0.3) is 0 Å². The Morgan fingerprint density at radius 2 is 1.19 bits per heavy atom. The molecule has 2 rings (SSSR count). The first-order valence-electron chi connectivity index (χ1n) is 10.8. The second-order valence-corrected chi connectivity index (χ2v) is 11.6. The highest BCUT2D eigenvalue weighted by molar-refractivity contribution is 4.92. The number of aliphatic hydroxyl groups is 2. The molecule has 8 atom stereocenters. The van der Waals surface area contributed by atoms with Crippen molar-refractivity contribution in [3.63, 3.8) is 0 Å². The van der Waals surface area contributed by atoms with Gasteiger partial charge in [-0.1, -0.05) is 55.4 Å². The minimum atomic E-state index is -0.209. The maximum Gasteiger partial charge on any atom is 0.0605 e. The molecule has 0 amide bonds. The van der Waals surface area contributed by atoms with Gasteiger partial charge in [0.25, 0.3) is 0 Å². The Hall–Kier alpha value is -0.120. The van der Waals surface area contributed by atoms with Gasteiger partial charge in [-0.2, -0.15) is 0 Å². The number of hydrogen-bond acceptors (Lipinski definition) is 3. The van der Waals surface area contributed by atoms with Crippen LogP contribution in [-0.2, 0) is 4.74 Å². The van der Waals surface area contributed by atoms with Crippen molar-refractivity contribution in [2.75, 3.05) is 6.61 Å². The van der Waals surface area contributed by atoms with Crippen molar-refractivity contribution in [2.45, 2.75) is 99.4 Å². The first-order valence-corrected chi connectivity index (χ1v) is 10.8. The molecule has 2 saturated carbocycles. The zero-order valence-electron chi connectivity index (χ0n) is 18.5. The molecule has 3 heteroatoms. The largest absolute Gasteiger partial charge is 0.393 e. The van der Waals surface area contributed by atoms with Gasteiger partial charge in [0.1, 0.15) is 0 Å². The number of rotatable bonds is 3. The van der Waals surface area contributed by atoms with Crippen LogP contribution in [0.2, 0.25) is 0 Å². The Kier molecular flexibility index (Phi) is 6.90. The van der Waals surface area contributed by atoms with Crippen LogP contribution in [0, 0.1) is 40.4 Å². The van der Waals surface area contributed by atoms with Crippen molar-refractivity contribution in [1.29, 1.82) is 0 Å². The monoisotopic (exact) mass is 368 g/mol. The Bertz CT molecular complexity index is 405. The van der Waals surface area contributed by atoms with Crippen LogP contribution >= 0.6 is 0 Å². The normalized spacial score (nSPS) is 42.7. The van der Waals surface area contributed by atoms with Crippen molar-refractivity contribution >= 4 is 0 Å². The standard InChI is InChI=1S/C23H44O3/c1-14-9-19(24)17(22(3,4)5)11-16(14)13-26-21-12-18(23(6,7)8)20(25)10-15(21)2/h14-21,24-25H,9-13H2,1-8H3. The average molecular weight is 369 g/mol. The van der Waals surface area contributed by atoms with Gasteiger partial charge in [-0.15, -0.1) is 0 Å². The van der Waals surface area contributed by atoms with Gasteiger partial charge in [0, 0.05) is 0 Å². The summed E-state index contributed by atoms with van der Waals surface area (Å²) in [5, 5.41) is 21.1. The van der Waals surface area contributed by atoms with Gasteiger partial charge in [0.15, 0.2) is 0 Å². The zero-order chi connectivity index (χ0) is 19.9. The lowest BCUT2D eigenvalue weighted by Gasteiger charge is -2.46. The van der Waals surface area contributed by atoms with Crippen LogP contribution in [0.15, 0.2) is 0 Å². The molecule has 2 aliphatic rings. The van der Waals surface area contributed by atoms with E-state index in [0.717, 1.165) is 32.3 Å². The fourth-order valence-corrected chi connectivity index (χ4v) is 5.36. The Morgan fingerprint density at radius 3 is 1.69 bits per heavy atom. The van der Waals surface area contributed by atoms with E-state index in [9.17, 15) is 10.2 Å². The summed E-state index contributed by atoms with van der Waals surface area (Å²) in [4.78, 5) is 0. The molecule has 3 nitrogen and oxygen atoms in total. The molecule has 0 heterocycles. The molecule has 2 fully saturated rings. The van der Waals surface area contributed by atoms with Gasteiger partial charge >= 0.3 is 0 Å². The summed E-state index contributed by atoms with van der Waals surface area (Å²) < 4.78 is 6.48. The summed E-state index contributed by atoms with van der Waals surface area (Å²) >= 11 is 0. The molecule has 26 heavy (non-hydrogen) atoms. The lowest BCUT2D eigenvalue weighted by Crippen LogP contribution is -2.46. The second-order valence-electron chi connectivity index (χ2n) is 11.6. The van der Waals surface area contributed by atoms with Gasteiger partial charge in [-0.25, -0.2) is 0 Å². The topological polar surface area (TPSA) is 49.7 Å². The number of ether oxygens (including phenoxy) is 1. The molecule has 154 valence electrons. The maximum absolute atomic E-state index is 10.5. The third kappa shape index (κ3) is 5.23. The van der Waals surface area contributed by atoms with Crippen molar-refractivity contribution < 1.29 is 14.9 Å². The minimum Gasteiger partial charge on any atom is -0.393 e. The zero-order valence-corrected chi connectivity index (χ0v) is 18.5. The fraction of sp³-hybridized carbons (Fsp3) is 1.00. The van der Waals surface area contributed by atoms with Gasteiger partial charge in [0.05, 0.1) is 24.9 Å². The molecular formula is C23H44O3. The summed E-state index contributed by atoms with van der Waals surface area (Å²) in [6.45, 7) is 18.7. The van der Waals surface area contributed by atoms with Crippen molar-refractivity contribution in [1.82, 2.24) is 0 Å². The average Bonchev–Trinajstić information content (AvgIpc) is 2.45. The van der Waals surface area contributed by atoms with Gasteiger partial charge < -0.3 is 14.9 Å². The lowest BCUT2D eigenvalue weighted by molar-refractivity contribution is -0.113. The highest BCUT2D eigenvalue weighted by atomic mass is 16.5. The van der Waals surface area contributed by atoms with E-state index < -0.39 is 0 Å². The molecule has 8 unspecified atom stereocenters. The summed E-state index contributed by atoms with van der Waals surface area (Å²) in [5.74, 6) is 2.09. The highest BCUT2D eigenvalue weighted by Crippen LogP contribution is 2.44. The first-order chi connectivity index (χ1) is 11.8. The molecule has 0 bridgehead atoms. The highest BCUT2D eigenvalue weighted by Gasteiger charge is 2.43. The van der Waals surface area contributed by atoms with Crippen LogP contribution in [0.1, 0.15) is 81.1 Å². The van der Waals surface area contributed by atoms with Crippen molar-refractivity contribution in [3.8, 4) is 0 Å². The van der Waals surface area contributed by atoms with Gasteiger partial charge in [-0.3, -0.25) is 0 Å². The van der Waals surface area contributed by atoms with E-state index in [-0.39, 0.29) is 29.1 Å². The summed E-state index contributed by atoms with van der Waals surface area (Å²) in [5.41, 5.74) is 0.248. The number of hydrogen-bond donors (Lipinski definition) is 2. The van der Waals surface area contributed by atoms with Gasteiger partial charge in [-0.05, 0) is 66.1 Å². The lowest BCUT2D eigenvalue weighted by atomic mass is 9.64. The Labute approximate surface area is 161 Å². The van der Waals surface area contributed by atoms with E-state index in [1.165, 1.54) is 0 Å². The van der Waals surface area contributed by atoms with E-state index in [2.05, 4.69) is 55.4 Å². The molecule has 2 N–H and O–H groups in total. The van der Waals surface area contributed by atoms with Crippen molar-refractivity contribution in [2.24, 2.45) is 40.4 Å².